The predicted octanol–water partition coefficient (Wildman–Crippen LogP) is 2.71. The van der Waals surface area contributed by atoms with E-state index < -0.39 is 27.9 Å². The minimum absolute atomic E-state index is 0.0257. The largest absolute Gasteiger partial charge is 0.342 e. The van der Waals surface area contributed by atoms with E-state index in [1.165, 1.54) is 12.2 Å². The number of fused-ring (bicyclic) bond motifs is 3. The zero-order valence-corrected chi connectivity index (χ0v) is 17.8. The van der Waals surface area contributed by atoms with Gasteiger partial charge in [0.15, 0.2) is 11.6 Å². The molecule has 0 spiro atoms. The van der Waals surface area contributed by atoms with Crippen LogP contribution in [0.1, 0.15) is 33.6 Å². The van der Waals surface area contributed by atoms with Crippen molar-refractivity contribution in [3.8, 4) is 24.0 Å². The number of allylic oxidation sites excluding steroid dienone is 6. The van der Waals surface area contributed by atoms with Crippen LogP contribution >= 0.6 is 0 Å². The van der Waals surface area contributed by atoms with Crippen LogP contribution in [0.15, 0.2) is 47.6 Å². The molecule has 31 heavy (non-hydrogen) atoms. The van der Waals surface area contributed by atoms with E-state index in [2.05, 4.69) is 23.7 Å². The SMILES string of the molecule is C=CCNC(=O)C#C[C@@]12C=C(C#N)C(=O)C=C1[C@@]1(C)C=C(C#N)C(=O)C(C)(C)[C@@H]1CC2. The number of nitrogens with one attached hydrogen (secondary N) is 1. The maximum atomic E-state index is 12.9. The molecular formula is C25H23N3O3. The highest BCUT2D eigenvalue weighted by Crippen LogP contribution is 2.63. The Hall–Kier alpha value is -3.69. The van der Waals surface area contributed by atoms with Crippen molar-refractivity contribution in [3.63, 3.8) is 0 Å². The Labute approximate surface area is 182 Å². The Kier molecular flexibility index (Phi) is 5.35. The summed E-state index contributed by atoms with van der Waals surface area (Å²) in [5.41, 5.74) is -1.97. The summed E-state index contributed by atoms with van der Waals surface area (Å²) in [6.45, 7) is 9.37. The van der Waals surface area contributed by atoms with E-state index in [1.54, 1.807) is 12.2 Å². The summed E-state index contributed by atoms with van der Waals surface area (Å²) >= 11 is 0. The smallest absolute Gasteiger partial charge is 0.296 e. The minimum atomic E-state index is -1.01. The quantitative estimate of drug-likeness (QED) is 0.553. The molecule has 3 aliphatic carbocycles. The third-order valence-corrected chi connectivity index (χ3v) is 6.74. The van der Waals surface area contributed by atoms with Gasteiger partial charge in [0, 0.05) is 17.4 Å². The number of nitrogens with zero attached hydrogens (tertiary/aromatic N) is 2. The van der Waals surface area contributed by atoms with Gasteiger partial charge in [-0.25, -0.2) is 0 Å². The topological polar surface area (TPSA) is 111 Å². The highest BCUT2D eigenvalue weighted by atomic mass is 16.1. The second-order valence-corrected chi connectivity index (χ2v) is 8.91. The van der Waals surface area contributed by atoms with Crippen LogP contribution in [0, 0.1) is 56.7 Å². The molecule has 0 bridgehead atoms. The number of carbonyl (C=O) groups is 3. The zero-order chi connectivity index (χ0) is 23.0. The standard InChI is InChI=1S/C25H23N3O3/c1-5-10-28-21(30)7-9-25-8-6-19-23(2,3)22(31)17(15-27)12-24(19,4)20(25)11-18(29)16(13-25)14-26/h5,11-13,19H,1,6,8,10H2,2-4H3,(H,28,30)/t19-,24-,25-/m0/s1. The first-order valence-electron chi connectivity index (χ1n) is 10.1. The first-order valence-corrected chi connectivity index (χ1v) is 10.1. The second kappa shape index (κ2) is 7.53. The molecule has 156 valence electrons. The molecule has 6 nitrogen and oxygen atoms in total. The normalized spacial score (nSPS) is 30.5. The molecule has 1 amide bonds. The van der Waals surface area contributed by atoms with Gasteiger partial charge in [0.2, 0.25) is 0 Å². The molecule has 0 radical (unpaired) electrons. The van der Waals surface area contributed by atoms with Crippen LogP contribution < -0.4 is 5.32 Å². The summed E-state index contributed by atoms with van der Waals surface area (Å²) in [6, 6.07) is 3.93. The number of nitriles is 2. The average molecular weight is 413 g/mol. The summed E-state index contributed by atoms with van der Waals surface area (Å²) < 4.78 is 0. The lowest BCUT2D eigenvalue weighted by Gasteiger charge is -2.56. The van der Waals surface area contributed by atoms with Crippen molar-refractivity contribution in [3.05, 3.63) is 47.6 Å². The van der Waals surface area contributed by atoms with Crippen molar-refractivity contribution in [1.29, 1.82) is 10.5 Å². The molecule has 0 heterocycles. The van der Waals surface area contributed by atoms with E-state index in [0.717, 1.165) is 0 Å². The number of carbonyl (C=O) groups excluding carboxylic acids is 3. The van der Waals surface area contributed by atoms with E-state index >= 15 is 0 Å². The Morgan fingerprint density at radius 2 is 1.90 bits per heavy atom. The number of rotatable bonds is 2. The first-order chi connectivity index (χ1) is 14.6. The average Bonchev–Trinajstić information content (AvgIpc) is 2.74. The zero-order valence-electron chi connectivity index (χ0n) is 17.8. The summed E-state index contributed by atoms with van der Waals surface area (Å²) in [5, 5.41) is 21.6. The van der Waals surface area contributed by atoms with Crippen LogP contribution in [0.2, 0.25) is 0 Å². The number of ketones is 2. The Morgan fingerprint density at radius 3 is 2.52 bits per heavy atom. The van der Waals surface area contributed by atoms with Crippen LogP contribution in [0.5, 0.6) is 0 Å². The molecule has 3 atom stereocenters. The molecule has 0 aromatic carbocycles. The number of Topliss-reactive ketones (excluding diaryl/α,β-unsaturated/α-hetero) is 1. The molecule has 0 aromatic heterocycles. The van der Waals surface area contributed by atoms with Crippen molar-refractivity contribution in [1.82, 2.24) is 5.32 Å². The van der Waals surface area contributed by atoms with Crippen molar-refractivity contribution >= 4 is 17.5 Å². The van der Waals surface area contributed by atoms with E-state index in [4.69, 9.17) is 0 Å². The highest BCUT2D eigenvalue weighted by Gasteiger charge is 2.59. The number of hydrogen-bond donors (Lipinski definition) is 1. The molecule has 0 aliphatic heterocycles. The molecule has 0 unspecified atom stereocenters. The van der Waals surface area contributed by atoms with Gasteiger partial charge in [0.1, 0.15) is 12.1 Å². The molecule has 6 heteroatoms. The fourth-order valence-corrected chi connectivity index (χ4v) is 5.31. The van der Waals surface area contributed by atoms with Gasteiger partial charge in [0.05, 0.1) is 16.6 Å². The van der Waals surface area contributed by atoms with E-state index in [9.17, 15) is 24.9 Å². The Balaban J connectivity index is 2.23. The molecule has 0 saturated heterocycles. The lowest BCUT2D eigenvalue weighted by molar-refractivity contribution is -0.130. The molecule has 1 N–H and O–H groups in total. The number of amides is 1. The third-order valence-electron chi connectivity index (χ3n) is 6.74. The lowest BCUT2D eigenvalue weighted by Crippen LogP contribution is -2.53. The molecule has 3 aliphatic rings. The molecule has 1 saturated carbocycles. The Morgan fingerprint density at radius 1 is 1.23 bits per heavy atom. The minimum Gasteiger partial charge on any atom is -0.342 e. The van der Waals surface area contributed by atoms with E-state index in [-0.39, 0.29) is 29.4 Å². The summed E-state index contributed by atoms with van der Waals surface area (Å²) in [4.78, 5) is 37.6. The van der Waals surface area contributed by atoms with E-state index in [0.29, 0.717) is 18.4 Å². The summed E-state index contributed by atoms with van der Waals surface area (Å²) in [5.74, 6) is 4.32. The maximum Gasteiger partial charge on any atom is 0.296 e. The van der Waals surface area contributed by atoms with Gasteiger partial charge < -0.3 is 5.32 Å². The number of hydrogen-bond acceptors (Lipinski definition) is 5. The van der Waals surface area contributed by atoms with Gasteiger partial charge in [-0.1, -0.05) is 38.8 Å². The van der Waals surface area contributed by atoms with Crippen molar-refractivity contribution in [2.75, 3.05) is 6.54 Å². The van der Waals surface area contributed by atoms with Crippen LogP contribution in [-0.4, -0.2) is 24.0 Å². The van der Waals surface area contributed by atoms with Crippen molar-refractivity contribution in [2.45, 2.75) is 33.6 Å². The van der Waals surface area contributed by atoms with Gasteiger partial charge in [-0.3, -0.25) is 14.4 Å². The lowest BCUT2D eigenvalue weighted by atomic mass is 9.45. The fraction of sp³-hybridized carbons (Fsp3) is 0.400. The highest BCUT2D eigenvalue weighted by molar-refractivity contribution is 6.10. The molecule has 3 rings (SSSR count). The second-order valence-electron chi connectivity index (χ2n) is 8.91. The molecule has 1 fully saturated rings. The van der Waals surface area contributed by atoms with Crippen molar-refractivity contribution in [2.24, 2.45) is 22.2 Å². The van der Waals surface area contributed by atoms with Gasteiger partial charge in [-0.2, -0.15) is 10.5 Å². The van der Waals surface area contributed by atoms with Crippen LogP contribution in [0.4, 0.5) is 0 Å². The fourth-order valence-electron chi connectivity index (χ4n) is 5.31. The van der Waals surface area contributed by atoms with Gasteiger partial charge in [-0.15, -0.1) is 6.58 Å². The maximum absolute atomic E-state index is 12.9. The summed E-state index contributed by atoms with van der Waals surface area (Å²) in [7, 11) is 0. The van der Waals surface area contributed by atoms with E-state index in [1.807, 2.05) is 32.9 Å². The molecule has 0 aromatic rings. The predicted molar refractivity (Wildman–Crippen MR) is 114 cm³/mol. The Bertz CT molecular complexity index is 1140. The van der Waals surface area contributed by atoms with Crippen LogP contribution in [0.25, 0.3) is 0 Å². The summed E-state index contributed by atoms with van der Waals surface area (Å²) in [6.07, 6.45) is 7.17. The van der Waals surface area contributed by atoms with Crippen LogP contribution in [-0.2, 0) is 14.4 Å². The van der Waals surface area contributed by atoms with Crippen LogP contribution in [0.3, 0.4) is 0 Å². The third kappa shape index (κ3) is 3.33. The monoisotopic (exact) mass is 413 g/mol. The first kappa shape index (κ1) is 22.0. The van der Waals surface area contributed by atoms with Gasteiger partial charge >= 0.3 is 0 Å². The van der Waals surface area contributed by atoms with Gasteiger partial charge in [-0.05, 0) is 42.4 Å². The van der Waals surface area contributed by atoms with Gasteiger partial charge in [0.25, 0.3) is 5.91 Å². The van der Waals surface area contributed by atoms with Crippen molar-refractivity contribution < 1.29 is 14.4 Å². The molecular weight excluding hydrogens is 390 g/mol.